The number of halogens is 6. The molecule has 0 spiro atoms. The molecule has 0 saturated carbocycles. The summed E-state index contributed by atoms with van der Waals surface area (Å²) in [5.41, 5.74) is 4.71. The summed E-state index contributed by atoms with van der Waals surface area (Å²) in [5, 5.41) is 9.57. The summed E-state index contributed by atoms with van der Waals surface area (Å²) in [6.45, 7) is 0.0781. The minimum absolute atomic E-state index is 0.00221. The second-order valence-corrected chi connectivity index (χ2v) is 14.3. The zero-order valence-electron chi connectivity index (χ0n) is 25.6. The molecule has 1 amide bonds. The fourth-order valence-corrected chi connectivity index (χ4v) is 9.25. The molecular formula is C32H27ClF5N7O3S. The van der Waals surface area contributed by atoms with Crippen molar-refractivity contribution in [3.8, 4) is 29.0 Å². The van der Waals surface area contributed by atoms with E-state index >= 15 is 8.78 Å². The lowest BCUT2D eigenvalue weighted by Crippen LogP contribution is -2.47. The number of carbonyl (C=O) groups excluding carboxylic acids is 1. The Labute approximate surface area is 284 Å². The summed E-state index contributed by atoms with van der Waals surface area (Å²) in [6.07, 6.45) is -2.51. The second kappa shape index (κ2) is 11.7. The van der Waals surface area contributed by atoms with Crippen molar-refractivity contribution >= 4 is 61.2 Å². The molecule has 8 rings (SSSR count). The van der Waals surface area contributed by atoms with Crippen LogP contribution in [0.25, 0.3) is 32.1 Å². The van der Waals surface area contributed by atoms with E-state index < -0.39 is 48.5 Å². The number of thiophene rings is 1. The van der Waals surface area contributed by atoms with E-state index in [4.69, 9.17) is 26.8 Å². The first-order valence-corrected chi connectivity index (χ1v) is 16.8. The molecule has 49 heavy (non-hydrogen) atoms. The van der Waals surface area contributed by atoms with Gasteiger partial charge in [-0.3, -0.25) is 9.69 Å². The van der Waals surface area contributed by atoms with Gasteiger partial charge in [-0.05, 0) is 31.0 Å². The Kier molecular flexibility index (Phi) is 7.65. The van der Waals surface area contributed by atoms with E-state index in [1.54, 1.807) is 0 Å². The number of alkyl halides is 3. The minimum atomic E-state index is -2.87. The van der Waals surface area contributed by atoms with Gasteiger partial charge in [-0.1, -0.05) is 17.7 Å². The number of nitrogens with two attached hydrogens (primary N) is 1. The summed E-state index contributed by atoms with van der Waals surface area (Å²) in [5.74, 6) is -1.98. The summed E-state index contributed by atoms with van der Waals surface area (Å²) >= 11 is 7.80. The molecule has 4 aliphatic heterocycles. The molecule has 256 valence electrons. The number of benzene rings is 2. The number of amides is 1. The fourth-order valence-electron chi connectivity index (χ4n) is 7.98. The molecule has 6 heterocycles. The first kappa shape index (κ1) is 32.0. The molecular weight excluding hydrogens is 693 g/mol. The highest BCUT2D eigenvalue weighted by atomic mass is 35.5. The van der Waals surface area contributed by atoms with Crippen LogP contribution in [0.5, 0.6) is 11.8 Å². The van der Waals surface area contributed by atoms with Crippen molar-refractivity contribution < 1.29 is 36.2 Å². The van der Waals surface area contributed by atoms with Crippen LogP contribution in [0, 0.1) is 23.0 Å². The smallest absolute Gasteiger partial charge is 0.319 e. The molecule has 4 atom stereocenters. The Bertz CT molecular complexity index is 2080. The average Bonchev–Trinajstić information content (AvgIpc) is 3.80. The van der Waals surface area contributed by atoms with Gasteiger partial charge >= 0.3 is 6.01 Å². The van der Waals surface area contributed by atoms with Gasteiger partial charge in [0.1, 0.15) is 47.1 Å². The van der Waals surface area contributed by atoms with E-state index in [2.05, 4.69) is 9.97 Å². The van der Waals surface area contributed by atoms with Gasteiger partial charge in [-0.25, -0.2) is 22.0 Å². The molecule has 2 aromatic heterocycles. The molecule has 0 radical (unpaired) electrons. The number of ether oxygens (including phenoxy) is 2. The maximum absolute atomic E-state index is 17.2. The van der Waals surface area contributed by atoms with E-state index in [0.29, 0.717) is 19.4 Å². The molecule has 2 unspecified atom stereocenters. The Morgan fingerprint density at radius 1 is 1.24 bits per heavy atom. The number of anilines is 2. The van der Waals surface area contributed by atoms with E-state index in [1.807, 2.05) is 11.0 Å². The minimum Gasteiger partial charge on any atom is -0.484 e. The van der Waals surface area contributed by atoms with Crippen LogP contribution in [0.1, 0.15) is 24.8 Å². The van der Waals surface area contributed by atoms with Gasteiger partial charge in [-0.15, -0.1) is 11.3 Å². The van der Waals surface area contributed by atoms with Crippen molar-refractivity contribution in [2.45, 2.75) is 49.5 Å². The van der Waals surface area contributed by atoms with Crippen LogP contribution in [0.15, 0.2) is 12.1 Å². The molecule has 0 bridgehead atoms. The lowest BCUT2D eigenvalue weighted by Gasteiger charge is -2.32. The second-order valence-electron chi connectivity index (χ2n) is 12.8. The van der Waals surface area contributed by atoms with Gasteiger partial charge in [0.2, 0.25) is 6.41 Å². The number of hydrogen-bond donors (Lipinski definition) is 1. The molecule has 2 aromatic carbocycles. The van der Waals surface area contributed by atoms with E-state index in [-0.39, 0.29) is 97.9 Å². The quantitative estimate of drug-likeness (QED) is 0.194. The number of hydrogen-bond acceptors (Lipinski definition) is 10. The van der Waals surface area contributed by atoms with Gasteiger partial charge in [0.15, 0.2) is 11.6 Å². The number of nitriles is 1. The Hall–Kier alpha value is -4.20. The topological polar surface area (TPSA) is 121 Å². The third kappa shape index (κ3) is 4.91. The summed E-state index contributed by atoms with van der Waals surface area (Å²) in [7, 11) is 0. The van der Waals surface area contributed by atoms with E-state index in [0.717, 1.165) is 23.8 Å². The molecule has 3 fully saturated rings. The normalized spacial score (nSPS) is 24.7. The zero-order valence-corrected chi connectivity index (χ0v) is 27.1. The van der Waals surface area contributed by atoms with Gasteiger partial charge in [0.05, 0.1) is 45.3 Å². The lowest BCUT2D eigenvalue weighted by molar-refractivity contribution is -0.117. The SMILES string of the molecule is N#Cc1c(N)sc2c(F)ccc(-c3c(Cl)c4c5c(nc(OC[C@@]67CCCN6C[C@H](F)C7)nc5c3F)N(CC(F)F)C3CN(C=O)CC3O4)c12. The number of carbonyl (C=O) groups is 1. The van der Waals surface area contributed by atoms with Crippen molar-refractivity contribution in [1.82, 2.24) is 19.8 Å². The highest BCUT2D eigenvalue weighted by Crippen LogP contribution is 2.52. The van der Waals surface area contributed by atoms with E-state index in [9.17, 15) is 23.2 Å². The predicted octanol–water partition coefficient (Wildman–Crippen LogP) is 5.53. The lowest BCUT2D eigenvalue weighted by atomic mass is 9.95. The van der Waals surface area contributed by atoms with Gasteiger partial charge in [0.25, 0.3) is 6.43 Å². The summed E-state index contributed by atoms with van der Waals surface area (Å²) in [4.78, 5) is 25.4. The van der Waals surface area contributed by atoms with Crippen LogP contribution in [0.2, 0.25) is 5.02 Å². The molecule has 17 heteroatoms. The van der Waals surface area contributed by atoms with Crippen molar-refractivity contribution in [1.29, 1.82) is 5.26 Å². The van der Waals surface area contributed by atoms with Crippen LogP contribution in [-0.2, 0) is 4.79 Å². The monoisotopic (exact) mass is 719 g/mol. The zero-order chi connectivity index (χ0) is 34.4. The molecule has 4 aliphatic rings. The van der Waals surface area contributed by atoms with Gasteiger partial charge in [0, 0.05) is 30.5 Å². The third-order valence-corrected chi connectivity index (χ3v) is 11.5. The molecule has 4 aromatic rings. The fraction of sp³-hybridized carbons (Fsp3) is 0.438. The highest BCUT2D eigenvalue weighted by Gasteiger charge is 2.50. The maximum Gasteiger partial charge on any atom is 0.319 e. The Balaban J connectivity index is 1.38. The van der Waals surface area contributed by atoms with Gasteiger partial charge in [-0.2, -0.15) is 15.2 Å². The number of aromatic nitrogens is 2. The van der Waals surface area contributed by atoms with Crippen molar-refractivity contribution in [2.24, 2.45) is 0 Å². The highest BCUT2D eigenvalue weighted by molar-refractivity contribution is 7.23. The third-order valence-electron chi connectivity index (χ3n) is 10.1. The number of nitrogen functional groups attached to an aromatic ring is 1. The summed E-state index contributed by atoms with van der Waals surface area (Å²) < 4.78 is 87.6. The van der Waals surface area contributed by atoms with Crippen LogP contribution in [0.3, 0.4) is 0 Å². The van der Waals surface area contributed by atoms with Crippen LogP contribution in [0.4, 0.5) is 32.8 Å². The first-order valence-electron chi connectivity index (χ1n) is 15.6. The van der Waals surface area contributed by atoms with E-state index in [1.165, 1.54) is 15.9 Å². The van der Waals surface area contributed by atoms with Crippen molar-refractivity contribution in [2.75, 3.05) is 50.0 Å². The van der Waals surface area contributed by atoms with Crippen molar-refractivity contribution in [3.05, 3.63) is 34.4 Å². The average molecular weight is 720 g/mol. The van der Waals surface area contributed by atoms with Crippen LogP contribution >= 0.6 is 22.9 Å². The van der Waals surface area contributed by atoms with Crippen molar-refractivity contribution in [3.63, 3.8) is 0 Å². The Morgan fingerprint density at radius 3 is 2.82 bits per heavy atom. The standard InChI is InChI=1S/C32H27ClF5N7O3S/c33-24-22(15-2-3-17(35)28-21(15)16(7-39)29(40)49-28)25(38)26-23-27(24)48-19-10-43(13-46)9-18(19)45(11-20(36)37)30(23)42-31(41-26)47-12-32-4-1-5-44(32)8-14(34)6-32/h2-3,13-14,18-20H,1,4-6,8-12,40H2/t14-,18?,19?,32+/m1/s1. The first-order chi connectivity index (χ1) is 23.5. The van der Waals surface area contributed by atoms with Crippen LogP contribution in [-0.4, -0.2) is 95.8 Å². The number of rotatable bonds is 7. The maximum atomic E-state index is 17.2. The summed E-state index contributed by atoms with van der Waals surface area (Å²) in [6, 6.07) is 3.14. The number of fused-ring (bicyclic) bond motifs is 3. The molecule has 3 saturated heterocycles. The molecule has 10 nitrogen and oxygen atoms in total. The Morgan fingerprint density at radius 2 is 2.06 bits per heavy atom. The molecule has 2 N–H and O–H groups in total. The van der Waals surface area contributed by atoms with Crippen LogP contribution < -0.4 is 20.1 Å². The number of nitrogens with zero attached hydrogens (tertiary/aromatic N) is 6. The molecule has 0 aliphatic carbocycles. The van der Waals surface area contributed by atoms with Gasteiger partial charge < -0.3 is 25.0 Å². The number of likely N-dealkylation sites (tertiary alicyclic amines) is 1. The predicted molar refractivity (Wildman–Crippen MR) is 172 cm³/mol. The largest absolute Gasteiger partial charge is 0.484 e.